The van der Waals surface area contributed by atoms with Gasteiger partial charge in [0, 0.05) is 24.2 Å². The van der Waals surface area contributed by atoms with E-state index in [2.05, 4.69) is 32.6 Å². The van der Waals surface area contributed by atoms with Crippen molar-refractivity contribution in [3.8, 4) is 0 Å². The van der Waals surface area contributed by atoms with E-state index in [1.54, 1.807) is 0 Å². The molecule has 1 saturated heterocycles. The molecular formula is C20H37NO2. The Morgan fingerprint density at radius 3 is 2.35 bits per heavy atom. The molecule has 1 heterocycles. The Hall–Kier alpha value is -0.120. The van der Waals surface area contributed by atoms with E-state index in [0.29, 0.717) is 6.61 Å². The van der Waals surface area contributed by atoms with Crippen molar-refractivity contribution in [3.05, 3.63) is 0 Å². The minimum absolute atomic E-state index is 0.174. The highest BCUT2D eigenvalue weighted by atomic mass is 16.5. The SMILES string of the molecule is CC1(C)CCCC(C)(C)N1C[C@@H](O)COC[C@@H]1C[C@@H]2CC[C@@H]1C2. The summed E-state index contributed by atoms with van der Waals surface area (Å²) < 4.78 is 5.93. The van der Waals surface area contributed by atoms with Crippen molar-refractivity contribution in [2.24, 2.45) is 17.8 Å². The smallest absolute Gasteiger partial charge is 0.0900 e. The number of hydrogen-bond acceptors (Lipinski definition) is 3. The van der Waals surface area contributed by atoms with Crippen LogP contribution in [0, 0.1) is 17.8 Å². The van der Waals surface area contributed by atoms with Crippen molar-refractivity contribution >= 4 is 0 Å². The van der Waals surface area contributed by atoms with Crippen LogP contribution in [0.4, 0.5) is 0 Å². The van der Waals surface area contributed by atoms with Crippen LogP contribution >= 0.6 is 0 Å². The van der Waals surface area contributed by atoms with Gasteiger partial charge in [0.05, 0.1) is 12.7 Å². The van der Waals surface area contributed by atoms with Crippen LogP contribution in [-0.4, -0.2) is 46.9 Å². The van der Waals surface area contributed by atoms with Gasteiger partial charge in [-0.1, -0.05) is 6.42 Å². The van der Waals surface area contributed by atoms with E-state index in [0.717, 1.165) is 30.9 Å². The van der Waals surface area contributed by atoms with Crippen LogP contribution in [-0.2, 0) is 4.74 Å². The molecule has 3 nitrogen and oxygen atoms in total. The fraction of sp³-hybridized carbons (Fsp3) is 1.00. The quantitative estimate of drug-likeness (QED) is 0.806. The number of likely N-dealkylation sites (tertiary alicyclic amines) is 1. The third-order valence-corrected chi connectivity index (χ3v) is 6.96. The third kappa shape index (κ3) is 3.93. The van der Waals surface area contributed by atoms with Gasteiger partial charge in [-0.15, -0.1) is 0 Å². The zero-order valence-corrected chi connectivity index (χ0v) is 15.7. The Morgan fingerprint density at radius 1 is 1.09 bits per heavy atom. The van der Waals surface area contributed by atoms with E-state index < -0.39 is 0 Å². The number of aliphatic hydroxyl groups excluding tert-OH is 1. The Morgan fingerprint density at radius 2 is 1.78 bits per heavy atom. The monoisotopic (exact) mass is 323 g/mol. The van der Waals surface area contributed by atoms with Crippen LogP contribution in [0.1, 0.15) is 72.6 Å². The molecule has 3 heteroatoms. The molecule has 3 aliphatic rings. The van der Waals surface area contributed by atoms with Crippen LogP contribution in [0.25, 0.3) is 0 Å². The van der Waals surface area contributed by atoms with Gasteiger partial charge >= 0.3 is 0 Å². The van der Waals surface area contributed by atoms with Gasteiger partial charge in [-0.3, -0.25) is 4.90 Å². The number of nitrogens with zero attached hydrogens (tertiary/aromatic N) is 1. The maximum Gasteiger partial charge on any atom is 0.0900 e. The largest absolute Gasteiger partial charge is 0.389 e. The van der Waals surface area contributed by atoms with E-state index in [-0.39, 0.29) is 17.2 Å². The predicted molar refractivity (Wildman–Crippen MR) is 94.5 cm³/mol. The normalized spacial score (nSPS) is 37.2. The second-order valence-corrected chi connectivity index (χ2v) is 9.72. The molecule has 3 fully saturated rings. The molecule has 1 N–H and O–H groups in total. The molecule has 0 aromatic carbocycles. The van der Waals surface area contributed by atoms with Gasteiger partial charge < -0.3 is 9.84 Å². The Kier molecular flexibility index (Phi) is 5.11. The summed E-state index contributed by atoms with van der Waals surface area (Å²) >= 11 is 0. The molecule has 134 valence electrons. The third-order valence-electron chi connectivity index (χ3n) is 6.96. The topological polar surface area (TPSA) is 32.7 Å². The molecule has 23 heavy (non-hydrogen) atoms. The highest BCUT2D eigenvalue weighted by Gasteiger charge is 2.42. The number of fused-ring (bicyclic) bond motifs is 2. The summed E-state index contributed by atoms with van der Waals surface area (Å²) in [5, 5.41) is 10.5. The lowest BCUT2D eigenvalue weighted by Gasteiger charge is -2.53. The molecule has 0 spiro atoms. The summed E-state index contributed by atoms with van der Waals surface area (Å²) in [5.41, 5.74) is 0.348. The molecule has 3 rings (SSSR count). The maximum absolute atomic E-state index is 10.5. The molecule has 2 saturated carbocycles. The minimum atomic E-state index is -0.370. The van der Waals surface area contributed by atoms with Crippen LogP contribution < -0.4 is 0 Å². The first kappa shape index (κ1) is 17.7. The van der Waals surface area contributed by atoms with E-state index in [1.807, 2.05) is 0 Å². The van der Waals surface area contributed by atoms with Gasteiger partial charge in [0.2, 0.25) is 0 Å². The molecule has 4 atom stereocenters. The Balaban J connectivity index is 1.44. The van der Waals surface area contributed by atoms with Gasteiger partial charge in [-0.25, -0.2) is 0 Å². The van der Waals surface area contributed by atoms with Gasteiger partial charge in [0.25, 0.3) is 0 Å². The lowest BCUT2D eigenvalue weighted by atomic mass is 9.79. The highest BCUT2D eigenvalue weighted by molar-refractivity contribution is 4.97. The second-order valence-electron chi connectivity index (χ2n) is 9.72. The molecule has 0 aromatic rings. The first-order chi connectivity index (χ1) is 10.8. The lowest BCUT2D eigenvalue weighted by Crippen LogP contribution is -2.60. The molecule has 2 bridgehead atoms. The summed E-state index contributed by atoms with van der Waals surface area (Å²) in [5.74, 6) is 2.66. The van der Waals surface area contributed by atoms with E-state index in [1.165, 1.54) is 44.9 Å². The molecule has 0 radical (unpaired) electrons. The number of ether oxygens (including phenoxy) is 1. The van der Waals surface area contributed by atoms with Crippen LogP contribution in [0.15, 0.2) is 0 Å². The van der Waals surface area contributed by atoms with Crippen molar-refractivity contribution in [1.29, 1.82) is 0 Å². The molecule has 0 aromatic heterocycles. The summed E-state index contributed by atoms with van der Waals surface area (Å²) in [6, 6.07) is 0. The van der Waals surface area contributed by atoms with Gasteiger partial charge in [-0.2, -0.15) is 0 Å². The van der Waals surface area contributed by atoms with Gasteiger partial charge in [0.1, 0.15) is 0 Å². The Bertz CT molecular complexity index is 390. The van der Waals surface area contributed by atoms with Gasteiger partial charge in [0.15, 0.2) is 0 Å². The lowest BCUT2D eigenvalue weighted by molar-refractivity contribution is -0.0731. The number of aliphatic hydroxyl groups is 1. The number of rotatable bonds is 6. The van der Waals surface area contributed by atoms with E-state index in [9.17, 15) is 5.11 Å². The van der Waals surface area contributed by atoms with Crippen molar-refractivity contribution in [3.63, 3.8) is 0 Å². The summed E-state index contributed by atoms with van der Waals surface area (Å²) in [6.45, 7) is 11.4. The van der Waals surface area contributed by atoms with Gasteiger partial charge in [-0.05, 0) is 84.0 Å². The van der Waals surface area contributed by atoms with E-state index >= 15 is 0 Å². The number of piperidine rings is 1. The highest BCUT2D eigenvalue weighted by Crippen LogP contribution is 2.48. The molecular weight excluding hydrogens is 286 g/mol. The maximum atomic E-state index is 10.5. The van der Waals surface area contributed by atoms with Crippen molar-refractivity contribution < 1.29 is 9.84 Å². The first-order valence-corrected chi connectivity index (χ1v) is 9.81. The average Bonchev–Trinajstić information content (AvgIpc) is 3.05. The fourth-order valence-electron chi connectivity index (χ4n) is 5.74. The summed E-state index contributed by atoms with van der Waals surface area (Å²) in [4.78, 5) is 2.51. The predicted octanol–water partition coefficient (Wildman–Crippen LogP) is 3.84. The number of β-amino-alcohol motifs (C(OH)–C–C–N with tert-alkyl or cyclic N) is 1. The number of hydrogen-bond donors (Lipinski definition) is 1. The zero-order chi connectivity index (χ0) is 16.7. The fourth-order valence-corrected chi connectivity index (χ4v) is 5.74. The zero-order valence-electron chi connectivity index (χ0n) is 15.7. The Labute approximate surface area is 142 Å². The van der Waals surface area contributed by atoms with Crippen molar-refractivity contribution in [1.82, 2.24) is 4.90 Å². The molecule has 1 aliphatic heterocycles. The van der Waals surface area contributed by atoms with E-state index in [4.69, 9.17) is 4.74 Å². The van der Waals surface area contributed by atoms with Crippen LogP contribution in [0.5, 0.6) is 0 Å². The molecule has 0 unspecified atom stereocenters. The van der Waals surface area contributed by atoms with Crippen molar-refractivity contribution in [2.45, 2.75) is 89.8 Å². The minimum Gasteiger partial charge on any atom is -0.389 e. The standard InChI is InChI=1S/C20H37NO2/c1-19(2)8-5-9-20(3,4)21(19)12-18(22)14-23-13-17-11-15-6-7-16(17)10-15/h15-18,22H,5-14H2,1-4H3/t15-,16-,17+,18-/m1/s1. The molecule has 0 amide bonds. The summed E-state index contributed by atoms with van der Waals surface area (Å²) in [6.07, 6.45) is 9.02. The summed E-state index contributed by atoms with van der Waals surface area (Å²) in [7, 11) is 0. The van der Waals surface area contributed by atoms with Crippen molar-refractivity contribution in [2.75, 3.05) is 19.8 Å². The first-order valence-electron chi connectivity index (χ1n) is 9.81. The second kappa shape index (κ2) is 6.65. The van der Waals surface area contributed by atoms with Crippen LogP contribution in [0.2, 0.25) is 0 Å². The molecule has 2 aliphatic carbocycles. The van der Waals surface area contributed by atoms with Crippen LogP contribution in [0.3, 0.4) is 0 Å². The average molecular weight is 324 g/mol.